The van der Waals surface area contributed by atoms with E-state index in [9.17, 15) is 4.79 Å². The van der Waals surface area contributed by atoms with Gasteiger partial charge in [0.25, 0.3) is 5.56 Å². The van der Waals surface area contributed by atoms with E-state index in [-0.39, 0.29) is 5.56 Å². The van der Waals surface area contributed by atoms with Gasteiger partial charge in [0.2, 0.25) is 0 Å². The Labute approximate surface area is 123 Å². The average Bonchev–Trinajstić information content (AvgIpc) is 3.06. The van der Waals surface area contributed by atoms with Crippen LogP contribution in [-0.2, 0) is 6.54 Å². The van der Waals surface area contributed by atoms with Crippen molar-refractivity contribution in [3.05, 3.63) is 56.2 Å². The van der Waals surface area contributed by atoms with Gasteiger partial charge >= 0.3 is 0 Å². The van der Waals surface area contributed by atoms with E-state index in [1.165, 1.54) is 17.4 Å². The Bertz CT molecular complexity index is 759. The van der Waals surface area contributed by atoms with E-state index in [0.29, 0.717) is 10.9 Å². The normalized spacial score (nSPS) is 10.7. The minimum atomic E-state index is -0.136. The summed E-state index contributed by atoms with van der Waals surface area (Å²) in [5, 5.41) is 9.54. The van der Waals surface area contributed by atoms with Crippen molar-refractivity contribution >= 4 is 28.6 Å². The molecule has 0 saturated carbocycles. The third-order valence-corrected chi connectivity index (χ3v) is 3.88. The highest BCUT2D eigenvalue weighted by Gasteiger charge is 2.02. The first kappa shape index (κ1) is 13.0. The second-order valence-electron chi connectivity index (χ2n) is 4.16. The van der Waals surface area contributed by atoms with Crippen LogP contribution in [0.3, 0.4) is 0 Å². The number of benzene rings is 1. The number of hydrogen-bond donors (Lipinski definition) is 3. The van der Waals surface area contributed by atoms with E-state index in [1.807, 2.05) is 24.3 Å². The SMILES string of the molecule is O=c1cc(-c2ccc(NCc3ncc(Cl)s3)cc2)[nH][nH]1. The molecular formula is C13H11ClN4OS. The second-order valence-corrected chi connectivity index (χ2v) is 5.91. The fraction of sp³-hybridized carbons (Fsp3) is 0.0769. The van der Waals surface area contributed by atoms with Crippen LogP contribution < -0.4 is 10.9 Å². The molecule has 0 saturated heterocycles. The van der Waals surface area contributed by atoms with E-state index >= 15 is 0 Å². The standard InChI is InChI=1S/C13H11ClN4OS/c14-11-6-16-13(20-11)7-15-9-3-1-8(2-4-9)10-5-12(19)18-17-10/h1-6,15H,7H2,(H2,17,18,19). The lowest BCUT2D eigenvalue weighted by Gasteiger charge is -2.05. The molecule has 0 spiro atoms. The number of nitrogens with one attached hydrogen (secondary N) is 3. The van der Waals surface area contributed by atoms with Gasteiger partial charge in [-0.3, -0.25) is 15.0 Å². The van der Waals surface area contributed by atoms with Crippen LogP contribution >= 0.6 is 22.9 Å². The predicted molar refractivity (Wildman–Crippen MR) is 81.3 cm³/mol. The Morgan fingerprint density at radius 3 is 2.65 bits per heavy atom. The van der Waals surface area contributed by atoms with Crippen molar-refractivity contribution < 1.29 is 0 Å². The fourth-order valence-corrected chi connectivity index (χ4v) is 2.70. The molecule has 0 fully saturated rings. The molecule has 0 aliphatic rings. The minimum absolute atomic E-state index is 0.136. The zero-order valence-electron chi connectivity index (χ0n) is 10.3. The molecule has 0 aliphatic heterocycles. The van der Waals surface area contributed by atoms with Crippen molar-refractivity contribution in [2.75, 3.05) is 5.32 Å². The summed E-state index contributed by atoms with van der Waals surface area (Å²) in [5.41, 5.74) is 2.57. The summed E-state index contributed by atoms with van der Waals surface area (Å²) in [6, 6.07) is 9.32. The molecule has 3 N–H and O–H groups in total. The van der Waals surface area contributed by atoms with Gasteiger partial charge in [-0.1, -0.05) is 23.7 Å². The van der Waals surface area contributed by atoms with Gasteiger partial charge in [-0.15, -0.1) is 11.3 Å². The van der Waals surface area contributed by atoms with Gasteiger partial charge in [0, 0.05) is 11.8 Å². The summed E-state index contributed by atoms with van der Waals surface area (Å²) in [6.07, 6.45) is 1.65. The van der Waals surface area contributed by atoms with Crippen LogP contribution in [0.15, 0.2) is 41.3 Å². The van der Waals surface area contributed by atoms with Crippen LogP contribution in [0.4, 0.5) is 5.69 Å². The first-order valence-electron chi connectivity index (χ1n) is 5.93. The predicted octanol–water partition coefficient (Wildman–Crippen LogP) is 3.09. The largest absolute Gasteiger partial charge is 0.379 e. The van der Waals surface area contributed by atoms with E-state index in [1.54, 1.807) is 6.20 Å². The number of H-pyrrole nitrogens is 2. The van der Waals surface area contributed by atoms with Crippen molar-refractivity contribution in [2.24, 2.45) is 0 Å². The third-order valence-electron chi connectivity index (χ3n) is 2.76. The van der Waals surface area contributed by atoms with Gasteiger partial charge in [0.1, 0.15) is 9.34 Å². The number of anilines is 1. The van der Waals surface area contributed by atoms with Crippen LogP contribution in [0.2, 0.25) is 4.34 Å². The molecule has 0 bridgehead atoms. The molecule has 102 valence electrons. The number of aromatic amines is 2. The molecule has 1 aromatic carbocycles. The fourth-order valence-electron chi connectivity index (χ4n) is 1.80. The summed E-state index contributed by atoms with van der Waals surface area (Å²) < 4.78 is 0.688. The summed E-state index contributed by atoms with van der Waals surface area (Å²) >= 11 is 7.29. The number of rotatable bonds is 4. The zero-order chi connectivity index (χ0) is 13.9. The highest BCUT2D eigenvalue weighted by atomic mass is 35.5. The Kier molecular flexibility index (Phi) is 3.58. The Hall–Kier alpha value is -2.05. The maximum atomic E-state index is 11.1. The van der Waals surface area contributed by atoms with Crippen LogP contribution in [0, 0.1) is 0 Å². The topological polar surface area (TPSA) is 73.6 Å². The number of nitrogens with zero attached hydrogens (tertiary/aromatic N) is 1. The monoisotopic (exact) mass is 306 g/mol. The first-order valence-corrected chi connectivity index (χ1v) is 7.12. The van der Waals surface area contributed by atoms with E-state index in [0.717, 1.165) is 22.0 Å². The maximum Gasteiger partial charge on any atom is 0.264 e. The summed E-state index contributed by atoms with van der Waals surface area (Å²) in [6.45, 7) is 0.637. The number of halogens is 1. The lowest BCUT2D eigenvalue weighted by Crippen LogP contribution is -1.98. The van der Waals surface area contributed by atoms with Crippen LogP contribution in [0.1, 0.15) is 5.01 Å². The van der Waals surface area contributed by atoms with Crippen LogP contribution in [-0.4, -0.2) is 15.2 Å². The number of thiazole rings is 1. The van der Waals surface area contributed by atoms with Gasteiger partial charge in [-0.25, -0.2) is 4.98 Å². The average molecular weight is 307 g/mol. The van der Waals surface area contributed by atoms with Crippen molar-refractivity contribution in [1.82, 2.24) is 15.2 Å². The molecule has 3 rings (SSSR count). The molecule has 20 heavy (non-hydrogen) atoms. The molecule has 7 heteroatoms. The first-order chi connectivity index (χ1) is 9.70. The van der Waals surface area contributed by atoms with Crippen molar-refractivity contribution in [3.8, 4) is 11.3 Å². The highest BCUT2D eigenvalue weighted by Crippen LogP contribution is 2.21. The number of hydrogen-bond acceptors (Lipinski definition) is 4. The molecule has 3 aromatic rings. The highest BCUT2D eigenvalue weighted by molar-refractivity contribution is 7.15. The molecule has 0 radical (unpaired) electrons. The zero-order valence-corrected chi connectivity index (χ0v) is 11.9. The van der Waals surface area contributed by atoms with Crippen molar-refractivity contribution in [1.29, 1.82) is 0 Å². The maximum absolute atomic E-state index is 11.1. The minimum Gasteiger partial charge on any atom is -0.379 e. The Morgan fingerprint density at radius 1 is 1.25 bits per heavy atom. The summed E-state index contributed by atoms with van der Waals surface area (Å²) in [4.78, 5) is 15.3. The lowest BCUT2D eigenvalue weighted by atomic mass is 10.1. The van der Waals surface area contributed by atoms with Gasteiger partial charge in [-0.05, 0) is 17.7 Å². The number of aromatic nitrogens is 3. The Morgan fingerprint density at radius 2 is 2.05 bits per heavy atom. The molecular weight excluding hydrogens is 296 g/mol. The summed E-state index contributed by atoms with van der Waals surface area (Å²) in [7, 11) is 0. The van der Waals surface area contributed by atoms with Crippen LogP contribution in [0.25, 0.3) is 11.3 Å². The van der Waals surface area contributed by atoms with E-state index < -0.39 is 0 Å². The second kappa shape index (κ2) is 5.52. The van der Waals surface area contributed by atoms with Gasteiger partial charge in [0.15, 0.2) is 0 Å². The summed E-state index contributed by atoms with van der Waals surface area (Å²) in [5.74, 6) is 0. The molecule has 0 atom stereocenters. The molecule has 0 aliphatic carbocycles. The van der Waals surface area contributed by atoms with E-state index in [4.69, 9.17) is 11.6 Å². The van der Waals surface area contributed by atoms with Gasteiger partial charge in [0.05, 0.1) is 18.4 Å². The lowest BCUT2D eigenvalue weighted by molar-refractivity contribution is 1.06. The molecule has 5 nitrogen and oxygen atoms in total. The Balaban J connectivity index is 1.68. The molecule has 0 unspecified atom stereocenters. The quantitative estimate of drug-likeness (QED) is 0.693. The molecule has 0 amide bonds. The molecule has 2 heterocycles. The van der Waals surface area contributed by atoms with Crippen molar-refractivity contribution in [3.63, 3.8) is 0 Å². The van der Waals surface area contributed by atoms with Gasteiger partial charge < -0.3 is 5.32 Å². The van der Waals surface area contributed by atoms with Crippen LogP contribution in [0.5, 0.6) is 0 Å². The molecule has 2 aromatic heterocycles. The van der Waals surface area contributed by atoms with Gasteiger partial charge in [-0.2, -0.15) is 0 Å². The third kappa shape index (κ3) is 2.92. The van der Waals surface area contributed by atoms with Crippen molar-refractivity contribution in [2.45, 2.75) is 6.54 Å². The van der Waals surface area contributed by atoms with E-state index in [2.05, 4.69) is 20.5 Å². The smallest absolute Gasteiger partial charge is 0.264 e.